The minimum Gasteiger partial charge on any atom is -0.370 e. The highest BCUT2D eigenvalue weighted by Gasteiger charge is 2.27. The zero-order valence-electron chi connectivity index (χ0n) is 12.4. The Labute approximate surface area is 130 Å². The maximum absolute atomic E-state index is 11.9. The number of nitrogens with one attached hydrogen (secondary N) is 1. The van der Waals surface area contributed by atoms with Gasteiger partial charge in [-0.15, -0.1) is 11.3 Å². The summed E-state index contributed by atoms with van der Waals surface area (Å²) in [6, 6.07) is 1.80. The predicted octanol–water partition coefficient (Wildman–Crippen LogP) is 3.02. The highest BCUT2D eigenvalue weighted by Crippen LogP contribution is 2.22. The van der Waals surface area contributed by atoms with Crippen LogP contribution in [0.25, 0.3) is 0 Å². The lowest BCUT2D eigenvalue weighted by molar-refractivity contribution is -0.173. The summed E-state index contributed by atoms with van der Waals surface area (Å²) in [6.45, 7) is 2.19. The Morgan fingerprint density at radius 2 is 1.95 bits per heavy atom. The second kappa shape index (κ2) is 8.28. The Balaban J connectivity index is 2.21. The van der Waals surface area contributed by atoms with Gasteiger partial charge in [0.25, 0.3) is 0 Å². The number of rotatable bonds is 8. The standard InChI is InChI=1S/C14H18F3NO3S/c1-9-7-11(10(2)22-9)12(19)3-4-13(20)18-5-6-21-8-14(15,16)17/h7H,3-6,8H2,1-2H3,(H,18,20). The molecular formula is C14H18F3NO3S. The fourth-order valence-electron chi connectivity index (χ4n) is 1.81. The third-order valence-corrected chi connectivity index (χ3v) is 3.72. The van der Waals surface area contributed by atoms with E-state index in [-0.39, 0.29) is 37.7 Å². The van der Waals surface area contributed by atoms with E-state index in [1.165, 1.54) is 11.3 Å². The molecule has 0 spiro atoms. The van der Waals surface area contributed by atoms with Crippen molar-refractivity contribution in [3.8, 4) is 0 Å². The molecule has 0 saturated carbocycles. The molecule has 1 N–H and O–H groups in total. The van der Waals surface area contributed by atoms with Crippen molar-refractivity contribution in [1.82, 2.24) is 5.32 Å². The topological polar surface area (TPSA) is 55.4 Å². The van der Waals surface area contributed by atoms with Crippen LogP contribution in [0.2, 0.25) is 0 Å². The van der Waals surface area contributed by atoms with Gasteiger partial charge in [0.2, 0.25) is 5.91 Å². The van der Waals surface area contributed by atoms with Crippen LogP contribution in [0.15, 0.2) is 6.07 Å². The molecule has 0 radical (unpaired) electrons. The number of Topliss-reactive ketones (excluding diaryl/α,β-unsaturated/α-hetero) is 1. The summed E-state index contributed by atoms with van der Waals surface area (Å²) in [4.78, 5) is 25.4. The van der Waals surface area contributed by atoms with Crippen molar-refractivity contribution in [3.05, 3.63) is 21.4 Å². The molecule has 1 rings (SSSR count). The molecule has 0 aliphatic rings. The van der Waals surface area contributed by atoms with Crippen LogP contribution in [0.3, 0.4) is 0 Å². The zero-order chi connectivity index (χ0) is 16.8. The molecule has 1 amide bonds. The quantitative estimate of drug-likeness (QED) is 0.586. The lowest BCUT2D eigenvalue weighted by atomic mass is 10.1. The van der Waals surface area contributed by atoms with Gasteiger partial charge in [-0.25, -0.2) is 0 Å². The fraction of sp³-hybridized carbons (Fsp3) is 0.571. The molecule has 8 heteroatoms. The fourth-order valence-corrected chi connectivity index (χ4v) is 2.75. The Morgan fingerprint density at radius 1 is 1.27 bits per heavy atom. The van der Waals surface area contributed by atoms with Crippen molar-refractivity contribution in [2.75, 3.05) is 19.8 Å². The number of hydrogen-bond acceptors (Lipinski definition) is 4. The molecule has 4 nitrogen and oxygen atoms in total. The molecule has 0 saturated heterocycles. The third kappa shape index (κ3) is 7.04. The molecule has 0 fully saturated rings. The number of thiophene rings is 1. The Hall–Kier alpha value is -1.41. The molecule has 1 heterocycles. The summed E-state index contributed by atoms with van der Waals surface area (Å²) in [6.07, 6.45) is -4.29. The van der Waals surface area contributed by atoms with Crippen molar-refractivity contribution in [2.45, 2.75) is 32.9 Å². The minimum absolute atomic E-state index is 0.00639. The first kappa shape index (κ1) is 18.6. The van der Waals surface area contributed by atoms with E-state index < -0.39 is 12.8 Å². The van der Waals surface area contributed by atoms with Crippen molar-refractivity contribution in [2.24, 2.45) is 0 Å². The average Bonchev–Trinajstić information content (AvgIpc) is 2.73. The van der Waals surface area contributed by atoms with Gasteiger partial charge in [0.15, 0.2) is 5.78 Å². The van der Waals surface area contributed by atoms with E-state index in [2.05, 4.69) is 10.1 Å². The van der Waals surface area contributed by atoms with E-state index in [0.29, 0.717) is 5.56 Å². The minimum atomic E-state index is -4.37. The number of alkyl halides is 3. The van der Waals surface area contributed by atoms with Gasteiger partial charge in [0, 0.05) is 34.7 Å². The van der Waals surface area contributed by atoms with Gasteiger partial charge in [-0.1, -0.05) is 0 Å². The van der Waals surface area contributed by atoms with Crippen molar-refractivity contribution < 1.29 is 27.5 Å². The van der Waals surface area contributed by atoms with E-state index in [0.717, 1.165) is 9.75 Å². The summed E-state index contributed by atoms with van der Waals surface area (Å²) < 4.78 is 39.7. The lowest BCUT2D eigenvalue weighted by Crippen LogP contribution is -2.29. The lowest BCUT2D eigenvalue weighted by Gasteiger charge is -2.08. The highest BCUT2D eigenvalue weighted by atomic mass is 32.1. The molecule has 124 valence electrons. The van der Waals surface area contributed by atoms with E-state index >= 15 is 0 Å². The van der Waals surface area contributed by atoms with Crippen molar-refractivity contribution in [3.63, 3.8) is 0 Å². The van der Waals surface area contributed by atoms with E-state index in [4.69, 9.17) is 0 Å². The Kier molecular flexibility index (Phi) is 7.02. The summed E-state index contributed by atoms with van der Waals surface area (Å²) in [5, 5.41) is 2.41. The number of halogens is 3. The van der Waals surface area contributed by atoms with Crippen LogP contribution >= 0.6 is 11.3 Å². The summed E-state index contributed by atoms with van der Waals surface area (Å²) in [7, 11) is 0. The first-order valence-electron chi connectivity index (χ1n) is 6.70. The van der Waals surface area contributed by atoms with Gasteiger partial charge in [-0.2, -0.15) is 13.2 Å². The molecule has 0 unspecified atom stereocenters. The smallest absolute Gasteiger partial charge is 0.370 e. The first-order chi connectivity index (χ1) is 10.2. The summed E-state index contributed by atoms with van der Waals surface area (Å²) in [5.74, 6) is -0.487. The summed E-state index contributed by atoms with van der Waals surface area (Å²) in [5.41, 5.74) is 0.629. The molecule has 0 aliphatic heterocycles. The number of aryl methyl sites for hydroxylation is 2. The average molecular weight is 337 g/mol. The number of hydrogen-bond donors (Lipinski definition) is 1. The molecule has 0 aromatic carbocycles. The number of ether oxygens (including phenoxy) is 1. The third-order valence-electron chi connectivity index (χ3n) is 2.75. The largest absolute Gasteiger partial charge is 0.411 e. The van der Waals surface area contributed by atoms with Gasteiger partial charge < -0.3 is 10.1 Å². The van der Waals surface area contributed by atoms with Gasteiger partial charge >= 0.3 is 6.18 Å². The number of carbonyl (C=O) groups is 2. The summed E-state index contributed by atoms with van der Waals surface area (Å²) >= 11 is 1.52. The van der Waals surface area contributed by atoms with Gasteiger partial charge in [0.05, 0.1) is 6.61 Å². The van der Waals surface area contributed by atoms with Crippen LogP contribution in [0.5, 0.6) is 0 Å². The molecule has 0 atom stereocenters. The molecule has 1 aromatic rings. The normalized spacial score (nSPS) is 11.5. The molecule has 1 aromatic heterocycles. The maximum Gasteiger partial charge on any atom is 0.411 e. The maximum atomic E-state index is 11.9. The van der Waals surface area contributed by atoms with Crippen LogP contribution in [0, 0.1) is 13.8 Å². The van der Waals surface area contributed by atoms with Crippen LogP contribution in [0.1, 0.15) is 33.0 Å². The van der Waals surface area contributed by atoms with Gasteiger partial charge in [0.1, 0.15) is 6.61 Å². The second-order valence-electron chi connectivity index (χ2n) is 4.77. The van der Waals surface area contributed by atoms with E-state index in [1.807, 2.05) is 13.8 Å². The number of amides is 1. The Morgan fingerprint density at radius 3 is 2.50 bits per heavy atom. The highest BCUT2D eigenvalue weighted by molar-refractivity contribution is 7.12. The van der Waals surface area contributed by atoms with Crippen molar-refractivity contribution in [1.29, 1.82) is 0 Å². The first-order valence-corrected chi connectivity index (χ1v) is 7.52. The molecule has 22 heavy (non-hydrogen) atoms. The molecule has 0 aliphatic carbocycles. The SMILES string of the molecule is Cc1cc(C(=O)CCC(=O)NCCOCC(F)(F)F)c(C)s1. The number of ketones is 1. The van der Waals surface area contributed by atoms with Crippen LogP contribution < -0.4 is 5.32 Å². The van der Waals surface area contributed by atoms with Gasteiger partial charge in [-0.3, -0.25) is 9.59 Å². The van der Waals surface area contributed by atoms with Crippen LogP contribution in [-0.2, 0) is 9.53 Å². The van der Waals surface area contributed by atoms with Crippen LogP contribution in [0.4, 0.5) is 13.2 Å². The van der Waals surface area contributed by atoms with Crippen LogP contribution in [-0.4, -0.2) is 37.6 Å². The van der Waals surface area contributed by atoms with E-state index in [1.54, 1.807) is 6.07 Å². The second-order valence-corrected chi connectivity index (χ2v) is 6.23. The number of carbonyl (C=O) groups excluding carboxylic acids is 2. The van der Waals surface area contributed by atoms with Crippen molar-refractivity contribution >= 4 is 23.0 Å². The molecular weight excluding hydrogens is 319 g/mol. The monoisotopic (exact) mass is 337 g/mol. The molecule has 0 bridgehead atoms. The zero-order valence-corrected chi connectivity index (χ0v) is 13.2. The van der Waals surface area contributed by atoms with E-state index in [9.17, 15) is 22.8 Å². The Bertz CT molecular complexity index is 526. The van der Waals surface area contributed by atoms with Gasteiger partial charge in [-0.05, 0) is 19.9 Å². The predicted molar refractivity (Wildman–Crippen MR) is 77.2 cm³/mol.